The Hall–Kier alpha value is -8.20. The van der Waals surface area contributed by atoms with Crippen LogP contribution < -0.4 is 9.80 Å². The molecule has 0 amide bonds. The highest BCUT2D eigenvalue weighted by Gasteiger charge is 2.35. The van der Waals surface area contributed by atoms with Gasteiger partial charge in [0.25, 0.3) is 0 Å². The molecule has 65 heavy (non-hydrogen) atoms. The first-order valence-electron chi connectivity index (χ1n) is 22.5. The predicted octanol–water partition coefficient (Wildman–Crippen LogP) is 17.6. The van der Waals surface area contributed by atoms with Crippen molar-refractivity contribution in [2.75, 3.05) is 9.80 Å². The third kappa shape index (κ3) is 7.60. The Labute approximate surface area is 383 Å². The van der Waals surface area contributed by atoms with Crippen molar-refractivity contribution in [2.45, 2.75) is 19.3 Å². The summed E-state index contributed by atoms with van der Waals surface area (Å²) in [7, 11) is 0. The SMILES string of the molecule is CC1(C)c2ccccc2-c2ccc(N(c3ccc(-c4ccccc4)cc3)c3ccc(-c4ccc(N(c5ccccc5)c5ccc(-c6ccc(-c7ccccc7)cc6)cc5)cc4)cc3)cc21. The first kappa shape index (κ1) is 39.6. The topological polar surface area (TPSA) is 6.48 Å². The van der Waals surface area contributed by atoms with Crippen molar-refractivity contribution in [1.29, 1.82) is 0 Å². The average Bonchev–Trinajstić information content (AvgIpc) is 3.61. The van der Waals surface area contributed by atoms with Crippen molar-refractivity contribution in [3.05, 3.63) is 266 Å². The summed E-state index contributed by atoms with van der Waals surface area (Å²) in [5.41, 5.74) is 21.5. The molecule has 0 fully saturated rings. The summed E-state index contributed by atoms with van der Waals surface area (Å²) in [6.45, 7) is 4.70. The summed E-state index contributed by atoms with van der Waals surface area (Å²) in [4.78, 5) is 4.72. The average molecular weight is 833 g/mol. The van der Waals surface area contributed by atoms with E-state index in [4.69, 9.17) is 0 Å². The lowest BCUT2D eigenvalue weighted by molar-refractivity contribution is 0.660. The molecule has 2 heteroatoms. The van der Waals surface area contributed by atoms with Gasteiger partial charge in [-0.2, -0.15) is 0 Å². The molecule has 0 N–H and O–H groups in total. The van der Waals surface area contributed by atoms with Gasteiger partial charge in [0.2, 0.25) is 0 Å². The molecule has 0 heterocycles. The van der Waals surface area contributed by atoms with Gasteiger partial charge in [0, 0.05) is 39.5 Å². The van der Waals surface area contributed by atoms with Crippen LogP contribution >= 0.6 is 0 Å². The number of anilines is 6. The van der Waals surface area contributed by atoms with E-state index in [1.165, 1.54) is 66.8 Å². The van der Waals surface area contributed by atoms with Crippen molar-refractivity contribution in [3.8, 4) is 55.6 Å². The van der Waals surface area contributed by atoms with Crippen molar-refractivity contribution in [1.82, 2.24) is 0 Å². The molecular weight excluding hydrogens is 785 g/mol. The van der Waals surface area contributed by atoms with E-state index < -0.39 is 0 Å². The Morgan fingerprint density at radius 1 is 0.231 bits per heavy atom. The molecule has 10 aromatic carbocycles. The lowest BCUT2D eigenvalue weighted by atomic mass is 9.82. The lowest BCUT2D eigenvalue weighted by Crippen LogP contribution is -2.16. The zero-order valence-corrected chi connectivity index (χ0v) is 36.6. The molecule has 0 atom stereocenters. The quantitative estimate of drug-likeness (QED) is 0.135. The molecule has 11 rings (SSSR count). The molecule has 0 aliphatic heterocycles. The molecule has 2 nitrogen and oxygen atoms in total. The smallest absolute Gasteiger partial charge is 0.0465 e. The second kappa shape index (κ2) is 16.8. The third-order valence-corrected chi connectivity index (χ3v) is 13.1. The fourth-order valence-electron chi connectivity index (χ4n) is 9.63. The number of fused-ring (bicyclic) bond motifs is 3. The number of rotatable bonds is 10. The van der Waals surface area contributed by atoms with Gasteiger partial charge < -0.3 is 9.80 Å². The first-order chi connectivity index (χ1) is 32.0. The van der Waals surface area contributed by atoms with E-state index in [0.717, 1.165) is 34.1 Å². The molecule has 0 unspecified atom stereocenters. The van der Waals surface area contributed by atoms with E-state index in [9.17, 15) is 0 Å². The van der Waals surface area contributed by atoms with Crippen LogP contribution in [0.25, 0.3) is 55.6 Å². The molecule has 1 aliphatic carbocycles. The van der Waals surface area contributed by atoms with E-state index in [-0.39, 0.29) is 5.41 Å². The highest BCUT2D eigenvalue weighted by molar-refractivity contribution is 5.87. The number of para-hydroxylation sites is 1. The zero-order valence-electron chi connectivity index (χ0n) is 36.6. The molecular formula is C63H48N2. The molecule has 0 radical (unpaired) electrons. The summed E-state index contributed by atoms with van der Waals surface area (Å²) < 4.78 is 0. The van der Waals surface area contributed by atoms with Crippen molar-refractivity contribution in [3.63, 3.8) is 0 Å². The van der Waals surface area contributed by atoms with E-state index in [1.807, 2.05) is 0 Å². The molecule has 0 saturated carbocycles. The zero-order chi connectivity index (χ0) is 43.7. The minimum absolute atomic E-state index is 0.101. The van der Waals surface area contributed by atoms with Gasteiger partial charge in [-0.05, 0) is 140 Å². The number of hydrogen-bond donors (Lipinski definition) is 0. The largest absolute Gasteiger partial charge is 0.311 e. The Bertz CT molecular complexity index is 3210. The van der Waals surface area contributed by atoms with Crippen molar-refractivity contribution < 1.29 is 0 Å². The minimum Gasteiger partial charge on any atom is -0.311 e. The highest BCUT2D eigenvalue weighted by Crippen LogP contribution is 2.51. The van der Waals surface area contributed by atoms with Gasteiger partial charge in [0.1, 0.15) is 0 Å². The first-order valence-corrected chi connectivity index (χ1v) is 22.5. The number of nitrogens with zero attached hydrogens (tertiary/aromatic N) is 2. The van der Waals surface area contributed by atoms with Crippen LogP contribution in [-0.4, -0.2) is 0 Å². The van der Waals surface area contributed by atoms with Crippen LogP contribution in [0.15, 0.2) is 255 Å². The van der Waals surface area contributed by atoms with Crippen LogP contribution in [0.4, 0.5) is 34.1 Å². The normalized spacial score (nSPS) is 12.3. The van der Waals surface area contributed by atoms with E-state index >= 15 is 0 Å². The van der Waals surface area contributed by atoms with Gasteiger partial charge in [-0.15, -0.1) is 0 Å². The molecule has 0 bridgehead atoms. The second-order valence-corrected chi connectivity index (χ2v) is 17.4. The molecule has 0 spiro atoms. The molecule has 0 saturated heterocycles. The summed E-state index contributed by atoms with van der Waals surface area (Å²) in [6.07, 6.45) is 0. The monoisotopic (exact) mass is 832 g/mol. The Morgan fingerprint density at radius 3 is 0.923 bits per heavy atom. The van der Waals surface area contributed by atoms with Crippen LogP contribution in [0.5, 0.6) is 0 Å². The van der Waals surface area contributed by atoms with Crippen LogP contribution in [0.1, 0.15) is 25.0 Å². The van der Waals surface area contributed by atoms with Crippen LogP contribution in [-0.2, 0) is 5.41 Å². The van der Waals surface area contributed by atoms with E-state index in [2.05, 4.69) is 278 Å². The fraction of sp³-hybridized carbons (Fsp3) is 0.0476. The summed E-state index contributed by atoms with van der Waals surface area (Å²) in [5, 5.41) is 0. The maximum Gasteiger partial charge on any atom is 0.0465 e. The molecule has 0 aromatic heterocycles. The lowest BCUT2D eigenvalue weighted by Gasteiger charge is -2.28. The standard InChI is InChI=1S/C63H48N2/c1-63(2)61-21-13-12-20-59(61)60-43-42-58(44-62(60)63)65(56-38-26-49(27-39-56)46-16-8-4-9-17-46)57-40-32-52(33-41-57)51-30-36-55(37-31-51)64(53-18-10-5-11-19-53)54-34-28-50(29-35-54)48-24-22-47(23-25-48)45-14-6-3-7-15-45/h3-44H,1-2H3. The Morgan fingerprint density at radius 2 is 0.508 bits per heavy atom. The van der Waals surface area contributed by atoms with Crippen molar-refractivity contribution in [2.24, 2.45) is 0 Å². The van der Waals surface area contributed by atoms with Crippen LogP contribution in [0.2, 0.25) is 0 Å². The van der Waals surface area contributed by atoms with Crippen LogP contribution in [0.3, 0.4) is 0 Å². The van der Waals surface area contributed by atoms with E-state index in [1.54, 1.807) is 0 Å². The van der Waals surface area contributed by atoms with Crippen molar-refractivity contribution >= 4 is 34.1 Å². The van der Waals surface area contributed by atoms with Gasteiger partial charge in [-0.25, -0.2) is 0 Å². The summed E-state index contributed by atoms with van der Waals surface area (Å²) in [5.74, 6) is 0. The van der Waals surface area contributed by atoms with Crippen LogP contribution in [0, 0.1) is 0 Å². The highest BCUT2D eigenvalue weighted by atomic mass is 15.1. The van der Waals surface area contributed by atoms with Gasteiger partial charge in [-0.1, -0.05) is 196 Å². The fourth-order valence-corrected chi connectivity index (χ4v) is 9.63. The molecule has 310 valence electrons. The Balaban J connectivity index is 0.893. The maximum absolute atomic E-state index is 2.41. The Kier molecular flexibility index (Phi) is 10.3. The predicted molar refractivity (Wildman–Crippen MR) is 275 cm³/mol. The number of hydrogen-bond acceptors (Lipinski definition) is 2. The maximum atomic E-state index is 2.41. The summed E-state index contributed by atoms with van der Waals surface area (Å²) >= 11 is 0. The van der Waals surface area contributed by atoms with Gasteiger partial charge in [0.15, 0.2) is 0 Å². The third-order valence-electron chi connectivity index (χ3n) is 13.1. The molecule has 10 aromatic rings. The van der Waals surface area contributed by atoms with Gasteiger partial charge >= 0.3 is 0 Å². The molecule has 1 aliphatic rings. The summed E-state index contributed by atoms with van der Waals surface area (Å²) in [6, 6.07) is 92.3. The minimum atomic E-state index is -0.101. The van der Waals surface area contributed by atoms with E-state index in [0.29, 0.717) is 0 Å². The second-order valence-electron chi connectivity index (χ2n) is 17.4. The van der Waals surface area contributed by atoms with Gasteiger partial charge in [0.05, 0.1) is 0 Å². The number of benzene rings is 10. The van der Waals surface area contributed by atoms with Gasteiger partial charge in [-0.3, -0.25) is 0 Å².